The Balaban J connectivity index is 2.49. The fourth-order valence-electron chi connectivity index (χ4n) is 1.79. The highest BCUT2D eigenvalue weighted by Crippen LogP contribution is 2.37. The lowest BCUT2D eigenvalue weighted by molar-refractivity contribution is 0.397. The summed E-state index contributed by atoms with van der Waals surface area (Å²) >= 11 is 1.49. The van der Waals surface area contributed by atoms with E-state index in [9.17, 15) is 0 Å². The van der Waals surface area contributed by atoms with Crippen molar-refractivity contribution in [3.05, 3.63) is 12.1 Å². The third-order valence-corrected chi connectivity index (χ3v) is 3.53. The Hall–Kier alpha value is -2.02. The van der Waals surface area contributed by atoms with Crippen molar-refractivity contribution < 1.29 is 9.47 Å². The molecule has 0 saturated heterocycles. The molecule has 2 aromatic heterocycles. The number of nitrogens with zero attached hydrogens (tertiary/aromatic N) is 3. The van der Waals surface area contributed by atoms with Gasteiger partial charge in [0, 0.05) is 6.07 Å². The van der Waals surface area contributed by atoms with E-state index in [1.54, 1.807) is 18.6 Å². The Labute approximate surface area is 101 Å². The summed E-state index contributed by atoms with van der Waals surface area (Å²) in [5, 5.41) is 7.83. The molecule has 0 aliphatic carbocycles. The van der Waals surface area contributed by atoms with Crippen molar-refractivity contribution in [3.63, 3.8) is 0 Å². The van der Waals surface area contributed by atoms with Gasteiger partial charge >= 0.3 is 0 Å². The second kappa shape index (κ2) is 3.49. The lowest BCUT2D eigenvalue weighted by Gasteiger charge is -2.05. The van der Waals surface area contributed by atoms with Crippen LogP contribution >= 0.6 is 11.3 Å². The molecule has 0 amide bonds. The molecule has 6 nitrogen and oxygen atoms in total. The van der Waals surface area contributed by atoms with Crippen molar-refractivity contribution in [1.29, 1.82) is 0 Å². The van der Waals surface area contributed by atoms with Gasteiger partial charge in [0.15, 0.2) is 0 Å². The highest BCUT2D eigenvalue weighted by molar-refractivity contribution is 7.23. The summed E-state index contributed by atoms with van der Waals surface area (Å²) in [6.07, 6.45) is 0. The van der Waals surface area contributed by atoms with Gasteiger partial charge in [-0.05, 0) is 6.07 Å². The molecule has 0 atom stereocenters. The van der Waals surface area contributed by atoms with Gasteiger partial charge in [0.1, 0.15) is 17.0 Å². The Morgan fingerprint density at radius 3 is 2.76 bits per heavy atom. The number of methoxy groups -OCH3 is 2. The van der Waals surface area contributed by atoms with Crippen LogP contribution in [0, 0.1) is 0 Å². The van der Waals surface area contributed by atoms with Crippen molar-refractivity contribution in [2.24, 2.45) is 0 Å². The van der Waals surface area contributed by atoms with E-state index >= 15 is 0 Å². The molecule has 7 heteroatoms. The predicted octanol–water partition coefficient (Wildman–Crippen LogP) is 1.54. The number of nitrogens with two attached hydrogens (primary N) is 1. The van der Waals surface area contributed by atoms with Crippen LogP contribution < -0.4 is 15.2 Å². The molecule has 3 rings (SSSR count). The SMILES string of the molecule is COc1cc(OC)c2c(c1)sc1nnc(N)n12. The first-order chi connectivity index (χ1) is 8.24. The van der Waals surface area contributed by atoms with E-state index in [1.165, 1.54) is 11.3 Å². The highest BCUT2D eigenvalue weighted by Gasteiger charge is 2.15. The summed E-state index contributed by atoms with van der Waals surface area (Å²) in [5.41, 5.74) is 6.66. The van der Waals surface area contributed by atoms with Crippen LogP contribution in [0.15, 0.2) is 12.1 Å². The molecule has 2 heterocycles. The molecule has 0 saturated carbocycles. The zero-order valence-electron chi connectivity index (χ0n) is 9.30. The maximum Gasteiger partial charge on any atom is 0.227 e. The molecule has 3 aromatic rings. The average molecular weight is 250 g/mol. The number of hydrogen-bond donors (Lipinski definition) is 1. The molecule has 88 valence electrons. The zero-order valence-corrected chi connectivity index (χ0v) is 10.1. The van der Waals surface area contributed by atoms with Gasteiger partial charge in [-0.1, -0.05) is 11.3 Å². The Morgan fingerprint density at radius 1 is 1.24 bits per heavy atom. The molecule has 0 radical (unpaired) electrons. The third kappa shape index (κ3) is 1.32. The van der Waals surface area contributed by atoms with E-state index in [-0.39, 0.29) is 0 Å². The van der Waals surface area contributed by atoms with Crippen LogP contribution in [0.25, 0.3) is 15.2 Å². The molecule has 17 heavy (non-hydrogen) atoms. The number of benzene rings is 1. The summed E-state index contributed by atoms with van der Waals surface area (Å²) in [6.45, 7) is 0. The monoisotopic (exact) mass is 250 g/mol. The smallest absolute Gasteiger partial charge is 0.227 e. The minimum atomic E-state index is 0.356. The molecule has 0 spiro atoms. The molecule has 0 fully saturated rings. The van der Waals surface area contributed by atoms with E-state index in [0.29, 0.717) is 11.7 Å². The van der Waals surface area contributed by atoms with Crippen molar-refractivity contribution >= 4 is 32.5 Å². The molecule has 2 N–H and O–H groups in total. The fraction of sp³-hybridized carbons (Fsp3) is 0.200. The lowest BCUT2D eigenvalue weighted by atomic mass is 10.3. The summed E-state index contributed by atoms with van der Waals surface area (Å²) in [5.74, 6) is 1.79. The number of hydrogen-bond acceptors (Lipinski definition) is 6. The summed E-state index contributed by atoms with van der Waals surface area (Å²) in [4.78, 5) is 0.740. The predicted molar refractivity (Wildman–Crippen MR) is 65.9 cm³/mol. The van der Waals surface area contributed by atoms with Gasteiger partial charge in [-0.25, -0.2) is 4.40 Å². The molecule has 0 aliphatic rings. The first-order valence-electron chi connectivity index (χ1n) is 4.89. The van der Waals surface area contributed by atoms with Gasteiger partial charge in [-0.2, -0.15) is 0 Å². The maximum atomic E-state index is 5.79. The Morgan fingerprint density at radius 2 is 2.06 bits per heavy atom. The summed E-state index contributed by atoms with van der Waals surface area (Å²) in [6, 6.07) is 3.74. The molecule has 0 aliphatic heterocycles. The van der Waals surface area contributed by atoms with Crippen molar-refractivity contribution in [2.45, 2.75) is 0 Å². The fourth-order valence-corrected chi connectivity index (χ4v) is 2.80. The largest absolute Gasteiger partial charge is 0.497 e. The van der Waals surface area contributed by atoms with E-state index < -0.39 is 0 Å². The first-order valence-corrected chi connectivity index (χ1v) is 5.71. The van der Waals surface area contributed by atoms with Crippen LogP contribution in [0.4, 0.5) is 5.95 Å². The van der Waals surface area contributed by atoms with Gasteiger partial charge in [-0.3, -0.25) is 0 Å². The van der Waals surface area contributed by atoms with Gasteiger partial charge < -0.3 is 15.2 Å². The number of aromatic nitrogens is 3. The summed E-state index contributed by atoms with van der Waals surface area (Å²) < 4.78 is 13.3. The first kappa shape index (κ1) is 10.2. The average Bonchev–Trinajstić information content (AvgIpc) is 2.87. The second-order valence-electron chi connectivity index (χ2n) is 3.45. The lowest BCUT2D eigenvalue weighted by Crippen LogP contribution is -1.95. The molecule has 0 bridgehead atoms. The highest BCUT2D eigenvalue weighted by atomic mass is 32.1. The van der Waals surface area contributed by atoms with Crippen LogP contribution in [0.5, 0.6) is 11.5 Å². The number of ether oxygens (including phenoxy) is 2. The van der Waals surface area contributed by atoms with E-state index in [1.807, 2.05) is 12.1 Å². The van der Waals surface area contributed by atoms with E-state index in [4.69, 9.17) is 15.2 Å². The van der Waals surface area contributed by atoms with Crippen LogP contribution in [0.1, 0.15) is 0 Å². The topological polar surface area (TPSA) is 74.7 Å². The van der Waals surface area contributed by atoms with Crippen molar-refractivity contribution in [3.8, 4) is 11.5 Å². The third-order valence-electron chi connectivity index (χ3n) is 2.55. The van der Waals surface area contributed by atoms with Gasteiger partial charge in [0.2, 0.25) is 10.9 Å². The van der Waals surface area contributed by atoms with E-state index in [2.05, 4.69) is 10.2 Å². The number of thiazole rings is 1. The van der Waals surface area contributed by atoms with Crippen LogP contribution in [-0.4, -0.2) is 28.8 Å². The molecule has 0 unspecified atom stereocenters. The number of nitrogen functional groups attached to an aromatic ring is 1. The van der Waals surface area contributed by atoms with E-state index in [0.717, 1.165) is 20.9 Å². The number of rotatable bonds is 2. The van der Waals surface area contributed by atoms with Gasteiger partial charge in [-0.15, -0.1) is 10.2 Å². The standard InChI is InChI=1S/C10H10N4O2S/c1-15-5-3-6(16-2)8-7(4-5)17-10-13-12-9(11)14(8)10/h3-4H,1-2H3,(H2,11,12). The van der Waals surface area contributed by atoms with Crippen LogP contribution in [0.3, 0.4) is 0 Å². The molecular weight excluding hydrogens is 240 g/mol. The van der Waals surface area contributed by atoms with Crippen LogP contribution in [-0.2, 0) is 0 Å². The normalized spacial score (nSPS) is 11.2. The quantitative estimate of drug-likeness (QED) is 0.746. The number of anilines is 1. The molecular formula is C10H10N4O2S. The zero-order chi connectivity index (χ0) is 12.0. The van der Waals surface area contributed by atoms with Crippen LogP contribution in [0.2, 0.25) is 0 Å². The second-order valence-corrected chi connectivity index (χ2v) is 4.46. The van der Waals surface area contributed by atoms with Gasteiger partial charge in [0.25, 0.3) is 0 Å². The van der Waals surface area contributed by atoms with Gasteiger partial charge in [0.05, 0.1) is 18.9 Å². The Bertz CT molecular complexity index is 703. The van der Waals surface area contributed by atoms with Crippen molar-refractivity contribution in [2.75, 3.05) is 20.0 Å². The number of fused-ring (bicyclic) bond motifs is 3. The van der Waals surface area contributed by atoms with Crippen molar-refractivity contribution in [1.82, 2.24) is 14.6 Å². The molecule has 1 aromatic carbocycles. The maximum absolute atomic E-state index is 5.79. The minimum Gasteiger partial charge on any atom is -0.497 e. The minimum absolute atomic E-state index is 0.356. The summed E-state index contributed by atoms with van der Waals surface area (Å²) in [7, 11) is 3.23. The Kier molecular flexibility index (Phi) is 2.08.